The van der Waals surface area contributed by atoms with E-state index in [9.17, 15) is 0 Å². The highest BCUT2D eigenvalue weighted by molar-refractivity contribution is 7.99. The van der Waals surface area contributed by atoms with E-state index in [1.54, 1.807) is 0 Å². The Hall–Kier alpha value is -0.220. The molecule has 3 nitrogen and oxygen atoms in total. The summed E-state index contributed by atoms with van der Waals surface area (Å²) in [6, 6.07) is 0. The highest BCUT2D eigenvalue weighted by atomic mass is 35.5. The van der Waals surface area contributed by atoms with Crippen LogP contribution in [0.2, 0.25) is 5.28 Å². The molecule has 0 amide bonds. The number of aryl methyl sites for hydroxylation is 1. The predicted octanol–water partition coefficient (Wildman–Crippen LogP) is 2.64. The van der Waals surface area contributed by atoms with Gasteiger partial charge in [0.25, 0.3) is 0 Å². The van der Waals surface area contributed by atoms with Crippen molar-refractivity contribution in [3.05, 3.63) is 11.1 Å². The van der Waals surface area contributed by atoms with E-state index in [2.05, 4.69) is 37.2 Å². The highest BCUT2D eigenvalue weighted by Crippen LogP contribution is 2.25. The number of aromatic nitrogens is 3. The first-order valence-electron chi connectivity index (χ1n) is 4.63. The van der Waals surface area contributed by atoms with Crippen LogP contribution in [0.3, 0.4) is 0 Å². The van der Waals surface area contributed by atoms with Crippen LogP contribution in [0.25, 0.3) is 0 Å². The Morgan fingerprint density at radius 3 is 2.57 bits per heavy atom. The fourth-order valence-corrected chi connectivity index (χ4v) is 1.63. The fraction of sp³-hybridized carbons (Fsp3) is 0.778. The van der Waals surface area contributed by atoms with E-state index in [1.165, 1.54) is 0 Å². The van der Waals surface area contributed by atoms with Gasteiger partial charge in [-0.05, 0) is 31.7 Å². The number of halogens is 1. The second-order valence-corrected chi connectivity index (χ2v) is 5.64. The Labute approximate surface area is 94.2 Å². The van der Waals surface area contributed by atoms with Crippen molar-refractivity contribution >= 4 is 23.4 Å². The van der Waals surface area contributed by atoms with Crippen LogP contribution in [-0.4, -0.2) is 25.8 Å². The second kappa shape index (κ2) is 4.53. The van der Waals surface area contributed by atoms with Crippen molar-refractivity contribution < 1.29 is 0 Å². The number of nitrogens with zero attached hydrogens (tertiary/aromatic N) is 3. The number of thioether (sulfide) groups is 1. The lowest BCUT2D eigenvalue weighted by Crippen LogP contribution is -2.23. The predicted molar refractivity (Wildman–Crippen MR) is 62.0 cm³/mol. The van der Waals surface area contributed by atoms with Crippen LogP contribution in [0.1, 0.15) is 26.6 Å². The molecule has 1 aromatic rings. The number of hydrogen-bond acceptors (Lipinski definition) is 3. The van der Waals surface area contributed by atoms with Crippen molar-refractivity contribution in [2.24, 2.45) is 0 Å². The van der Waals surface area contributed by atoms with E-state index in [-0.39, 0.29) is 4.75 Å². The van der Waals surface area contributed by atoms with Crippen molar-refractivity contribution in [2.45, 2.75) is 38.5 Å². The van der Waals surface area contributed by atoms with Crippen molar-refractivity contribution in [2.75, 3.05) is 6.26 Å². The quantitative estimate of drug-likeness (QED) is 0.801. The van der Waals surface area contributed by atoms with Gasteiger partial charge in [-0.2, -0.15) is 11.8 Å². The van der Waals surface area contributed by atoms with E-state index >= 15 is 0 Å². The largest absolute Gasteiger partial charge is 0.300 e. The first-order chi connectivity index (χ1) is 6.50. The van der Waals surface area contributed by atoms with Gasteiger partial charge in [0.2, 0.25) is 5.28 Å². The summed E-state index contributed by atoms with van der Waals surface area (Å²) in [5, 5.41) is 8.39. The molecule has 0 fully saturated rings. The van der Waals surface area contributed by atoms with E-state index < -0.39 is 0 Å². The third-order valence-corrected chi connectivity index (χ3v) is 3.70. The van der Waals surface area contributed by atoms with Gasteiger partial charge in [-0.1, -0.05) is 6.92 Å². The molecule has 0 saturated carbocycles. The van der Waals surface area contributed by atoms with Crippen molar-refractivity contribution in [1.82, 2.24) is 14.8 Å². The first-order valence-corrected chi connectivity index (χ1v) is 6.23. The van der Waals surface area contributed by atoms with Crippen LogP contribution >= 0.6 is 23.4 Å². The fourth-order valence-electron chi connectivity index (χ4n) is 1.18. The van der Waals surface area contributed by atoms with Crippen LogP contribution in [0.4, 0.5) is 0 Å². The van der Waals surface area contributed by atoms with Crippen molar-refractivity contribution in [3.63, 3.8) is 0 Å². The Morgan fingerprint density at radius 1 is 1.43 bits per heavy atom. The summed E-state index contributed by atoms with van der Waals surface area (Å²) in [5.41, 5.74) is 0. The van der Waals surface area contributed by atoms with Gasteiger partial charge >= 0.3 is 0 Å². The maximum atomic E-state index is 5.97. The zero-order valence-corrected chi connectivity index (χ0v) is 10.6. The molecular formula is C9H16ClN3S. The molecule has 0 aliphatic carbocycles. The van der Waals surface area contributed by atoms with E-state index in [0.29, 0.717) is 5.28 Å². The molecule has 1 heterocycles. The Balaban J connectivity index is 2.89. The van der Waals surface area contributed by atoms with Crippen LogP contribution < -0.4 is 0 Å². The van der Waals surface area contributed by atoms with Gasteiger partial charge < -0.3 is 4.57 Å². The molecule has 80 valence electrons. The summed E-state index contributed by atoms with van der Waals surface area (Å²) < 4.78 is 2.15. The molecule has 0 N–H and O–H groups in total. The molecule has 0 aliphatic heterocycles. The molecule has 14 heavy (non-hydrogen) atoms. The van der Waals surface area contributed by atoms with Crippen molar-refractivity contribution in [3.8, 4) is 0 Å². The lowest BCUT2D eigenvalue weighted by molar-refractivity contribution is 0.549. The Bertz CT molecular complexity index is 309. The minimum absolute atomic E-state index is 0.163. The van der Waals surface area contributed by atoms with Crippen molar-refractivity contribution in [1.29, 1.82) is 0 Å². The monoisotopic (exact) mass is 233 g/mol. The number of hydrogen-bond donors (Lipinski definition) is 0. The molecule has 1 aromatic heterocycles. The first kappa shape index (κ1) is 11.9. The summed E-state index contributed by atoms with van der Waals surface area (Å²) in [6.45, 7) is 7.28. The van der Waals surface area contributed by atoms with Crippen LogP contribution in [0.5, 0.6) is 0 Å². The summed E-state index contributed by atoms with van der Waals surface area (Å²) in [7, 11) is 0. The third kappa shape index (κ3) is 2.64. The standard InChI is InChI=1S/C9H16ClN3S/c1-5-7-11-12-8(10)13(7)6-9(2,3)14-4/h5-6H2,1-4H3. The van der Waals surface area contributed by atoms with E-state index in [1.807, 2.05) is 16.3 Å². The summed E-state index contributed by atoms with van der Waals surface area (Å²) in [5.74, 6) is 0.956. The average molecular weight is 234 g/mol. The lowest BCUT2D eigenvalue weighted by atomic mass is 10.2. The second-order valence-electron chi connectivity index (χ2n) is 3.79. The lowest BCUT2D eigenvalue weighted by Gasteiger charge is -2.23. The van der Waals surface area contributed by atoms with Gasteiger partial charge in [-0.3, -0.25) is 0 Å². The van der Waals surface area contributed by atoms with Gasteiger partial charge in [0.1, 0.15) is 5.82 Å². The molecule has 0 spiro atoms. The zero-order chi connectivity index (χ0) is 10.8. The molecular weight excluding hydrogens is 218 g/mol. The summed E-state index contributed by atoms with van der Waals surface area (Å²) in [6.07, 6.45) is 2.97. The molecule has 0 saturated heterocycles. The zero-order valence-electron chi connectivity index (χ0n) is 9.04. The molecule has 0 atom stereocenters. The maximum absolute atomic E-state index is 5.97. The minimum atomic E-state index is 0.163. The molecule has 0 bridgehead atoms. The van der Waals surface area contributed by atoms with Gasteiger partial charge in [0, 0.05) is 17.7 Å². The SMILES string of the molecule is CCc1nnc(Cl)n1CC(C)(C)SC. The Morgan fingerprint density at radius 2 is 2.07 bits per heavy atom. The topological polar surface area (TPSA) is 30.7 Å². The van der Waals surface area contributed by atoms with Crippen LogP contribution in [0, 0.1) is 0 Å². The molecule has 0 radical (unpaired) electrons. The van der Waals surface area contributed by atoms with E-state index in [4.69, 9.17) is 11.6 Å². The molecule has 0 unspecified atom stereocenters. The van der Waals surface area contributed by atoms with Gasteiger partial charge in [-0.25, -0.2) is 0 Å². The minimum Gasteiger partial charge on any atom is -0.300 e. The normalized spacial score (nSPS) is 12.1. The smallest absolute Gasteiger partial charge is 0.225 e. The number of rotatable bonds is 4. The highest BCUT2D eigenvalue weighted by Gasteiger charge is 2.20. The van der Waals surface area contributed by atoms with Crippen LogP contribution in [-0.2, 0) is 13.0 Å². The van der Waals surface area contributed by atoms with E-state index in [0.717, 1.165) is 18.8 Å². The Kier molecular flexibility index (Phi) is 3.84. The molecule has 1 rings (SSSR count). The molecule has 0 aromatic carbocycles. The molecule has 5 heteroatoms. The van der Waals surface area contributed by atoms with Gasteiger partial charge in [0.15, 0.2) is 0 Å². The molecule has 0 aliphatic rings. The van der Waals surface area contributed by atoms with Gasteiger partial charge in [0.05, 0.1) is 0 Å². The maximum Gasteiger partial charge on any atom is 0.225 e. The summed E-state index contributed by atoms with van der Waals surface area (Å²) in [4.78, 5) is 0. The summed E-state index contributed by atoms with van der Waals surface area (Å²) >= 11 is 7.79. The van der Waals surface area contributed by atoms with Gasteiger partial charge in [-0.15, -0.1) is 10.2 Å². The average Bonchev–Trinajstić information content (AvgIpc) is 2.48. The van der Waals surface area contributed by atoms with Crippen LogP contribution in [0.15, 0.2) is 0 Å². The third-order valence-electron chi connectivity index (χ3n) is 2.19.